The summed E-state index contributed by atoms with van der Waals surface area (Å²) >= 11 is 0. The van der Waals surface area contributed by atoms with Gasteiger partial charge in [0.2, 0.25) is 0 Å². The summed E-state index contributed by atoms with van der Waals surface area (Å²) in [7, 11) is -3.25. The first-order valence-electron chi connectivity index (χ1n) is 4.17. The molecular formula is C7H17O4P. The third kappa shape index (κ3) is 3.23. The van der Waals surface area contributed by atoms with Crippen LogP contribution in [-0.2, 0) is 13.6 Å². The lowest BCUT2D eigenvalue weighted by molar-refractivity contribution is 0.147. The Morgan fingerprint density at radius 2 is 1.67 bits per heavy atom. The first kappa shape index (κ1) is 12.1. The molecule has 0 radical (unpaired) electrons. The van der Waals surface area contributed by atoms with Gasteiger partial charge in [-0.1, -0.05) is 6.92 Å². The zero-order valence-electron chi connectivity index (χ0n) is 7.82. The summed E-state index contributed by atoms with van der Waals surface area (Å²) in [6.45, 7) is 5.74. The van der Waals surface area contributed by atoms with Gasteiger partial charge in [0.05, 0.1) is 13.2 Å². The van der Waals surface area contributed by atoms with Crippen molar-refractivity contribution >= 4 is 7.60 Å². The Morgan fingerprint density at radius 1 is 1.25 bits per heavy atom. The average Bonchev–Trinajstić information content (AvgIpc) is 2.04. The van der Waals surface area contributed by atoms with Crippen LogP contribution in [0.1, 0.15) is 27.2 Å². The fourth-order valence-corrected chi connectivity index (χ4v) is 2.38. The summed E-state index contributed by atoms with van der Waals surface area (Å²) in [6, 6.07) is 0. The van der Waals surface area contributed by atoms with Crippen LogP contribution in [0.25, 0.3) is 0 Å². The van der Waals surface area contributed by atoms with E-state index in [2.05, 4.69) is 0 Å². The number of hydrogen-bond acceptors (Lipinski definition) is 4. The molecule has 0 saturated heterocycles. The molecule has 0 heterocycles. The summed E-state index contributed by atoms with van der Waals surface area (Å²) in [5.41, 5.74) is 0. The molecule has 0 aromatic carbocycles. The highest BCUT2D eigenvalue weighted by Crippen LogP contribution is 2.52. The Bertz CT molecular complexity index is 149. The van der Waals surface area contributed by atoms with Gasteiger partial charge in [-0.25, -0.2) is 0 Å². The minimum atomic E-state index is -3.25. The number of hydrogen-bond donors (Lipinski definition) is 1. The number of aliphatic hydroxyl groups excluding tert-OH is 1. The lowest BCUT2D eigenvalue weighted by atomic mass is 10.5. The predicted molar refractivity (Wildman–Crippen MR) is 47.2 cm³/mol. The summed E-state index contributed by atoms with van der Waals surface area (Å²) < 4.78 is 21.5. The van der Waals surface area contributed by atoms with Crippen molar-refractivity contribution in [1.29, 1.82) is 0 Å². The summed E-state index contributed by atoms with van der Waals surface area (Å²) in [5, 5.41) is 9.33. The second-order valence-corrected chi connectivity index (χ2v) is 4.46. The topological polar surface area (TPSA) is 55.8 Å². The van der Waals surface area contributed by atoms with Crippen molar-refractivity contribution < 1.29 is 18.7 Å². The van der Waals surface area contributed by atoms with E-state index in [4.69, 9.17) is 9.05 Å². The molecule has 0 spiro atoms. The second-order valence-electron chi connectivity index (χ2n) is 2.26. The van der Waals surface area contributed by atoms with E-state index in [0.29, 0.717) is 6.42 Å². The Kier molecular flexibility index (Phi) is 5.76. The van der Waals surface area contributed by atoms with Gasteiger partial charge in [-0.2, -0.15) is 0 Å². The van der Waals surface area contributed by atoms with Crippen molar-refractivity contribution in [3.05, 3.63) is 0 Å². The maximum atomic E-state index is 11.6. The minimum absolute atomic E-state index is 0.286. The molecule has 12 heavy (non-hydrogen) atoms. The van der Waals surface area contributed by atoms with E-state index in [1.807, 2.05) is 0 Å². The van der Waals surface area contributed by atoms with Gasteiger partial charge < -0.3 is 14.2 Å². The molecule has 0 bridgehead atoms. The van der Waals surface area contributed by atoms with E-state index in [-0.39, 0.29) is 13.2 Å². The maximum absolute atomic E-state index is 11.6. The third-order valence-corrected chi connectivity index (χ3v) is 3.68. The summed E-state index contributed by atoms with van der Waals surface area (Å²) in [5.74, 6) is -1.00. The maximum Gasteiger partial charge on any atom is 0.358 e. The highest BCUT2D eigenvalue weighted by atomic mass is 31.2. The smallest absolute Gasteiger partial charge is 0.358 e. The monoisotopic (exact) mass is 196 g/mol. The van der Waals surface area contributed by atoms with E-state index in [9.17, 15) is 9.67 Å². The Morgan fingerprint density at radius 3 is 1.92 bits per heavy atom. The molecule has 0 aliphatic rings. The molecule has 5 heteroatoms. The molecular weight excluding hydrogens is 179 g/mol. The molecule has 0 saturated carbocycles. The SMILES string of the molecule is CCOP(=O)(OCC)C(O)CC. The molecule has 1 N–H and O–H groups in total. The molecule has 0 aliphatic heterocycles. The van der Waals surface area contributed by atoms with Crippen LogP contribution in [0.5, 0.6) is 0 Å². The second kappa shape index (κ2) is 5.70. The molecule has 4 nitrogen and oxygen atoms in total. The lowest BCUT2D eigenvalue weighted by Gasteiger charge is -2.20. The van der Waals surface area contributed by atoms with Gasteiger partial charge in [0.25, 0.3) is 0 Å². The zero-order valence-corrected chi connectivity index (χ0v) is 8.71. The van der Waals surface area contributed by atoms with Crippen molar-refractivity contribution in [2.75, 3.05) is 13.2 Å². The van der Waals surface area contributed by atoms with Gasteiger partial charge in [-0.15, -0.1) is 0 Å². The van der Waals surface area contributed by atoms with E-state index < -0.39 is 13.4 Å². The largest absolute Gasteiger partial charge is 0.380 e. The quantitative estimate of drug-likeness (QED) is 0.660. The minimum Gasteiger partial charge on any atom is -0.380 e. The summed E-state index contributed by atoms with van der Waals surface area (Å²) in [6.07, 6.45) is 0.372. The van der Waals surface area contributed by atoms with Gasteiger partial charge in [0, 0.05) is 0 Å². The van der Waals surface area contributed by atoms with Gasteiger partial charge >= 0.3 is 7.60 Å². The summed E-state index contributed by atoms with van der Waals surface area (Å²) in [4.78, 5) is 0. The molecule has 74 valence electrons. The average molecular weight is 196 g/mol. The van der Waals surface area contributed by atoms with E-state index >= 15 is 0 Å². The van der Waals surface area contributed by atoms with Crippen LogP contribution in [0.4, 0.5) is 0 Å². The number of rotatable bonds is 6. The van der Waals surface area contributed by atoms with Crippen LogP contribution < -0.4 is 0 Å². The molecule has 0 fully saturated rings. The molecule has 0 aliphatic carbocycles. The lowest BCUT2D eigenvalue weighted by Crippen LogP contribution is -2.11. The normalized spacial score (nSPS) is 14.7. The molecule has 0 rings (SSSR count). The fourth-order valence-electron chi connectivity index (χ4n) is 0.793. The highest BCUT2D eigenvalue weighted by Gasteiger charge is 2.32. The van der Waals surface area contributed by atoms with Crippen LogP contribution in [-0.4, -0.2) is 24.2 Å². The van der Waals surface area contributed by atoms with Gasteiger partial charge in [-0.3, -0.25) is 4.57 Å². The Balaban J connectivity index is 4.27. The van der Waals surface area contributed by atoms with Crippen LogP contribution in [0.15, 0.2) is 0 Å². The predicted octanol–water partition coefficient (Wildman–Crippen LogP) is 1.98. The van der Waals surface area contributed by atoms with Crippen LogP contribution >= 0.6 is 7.60 Å². The van der Waals surface area contributed by atoms with E-state index in [1.165, 1.54) is 0 Å². The van der Waals surface area contributed by atoms with Crippen molar-refractivity contribution in [2.45, 2.75) is 33.0 Å². The third-order valence-electron chi connectivity index (χ3n) is 1.35. The Hall–Kier alpha value is 0.110. The van der Waals surface area contributed by atoms with Crippen LogP contribution in [0.3, 0.4) is 0 Å². The van der Waals surface area contributed by atoms with Gasteiger partial charge in [0.1, 0.15) is 0 Å². The highest BCUT2D eigenvalue weighted by molar-refractivity contribution is 7.54. The fraction of sp³-hybridized carbons (Fsp3) is 1.00. The number of aliphatic hydroxyl groups is 1. The van der Waals surface area contributed by atoms with Crippen molar-refractivity contribution in [2.24, 2.45) is 0 Å². The Labute approximate surface area is 73.4 Å². The van der Waals surface area contributed by atoms with Crippen LogP contribution in [0, 0.1) is 0 Å². The van der Waals surface area contributed by atoms with E-state index in [1.54, 1.807) is 20.8 Å². The van der Waals surface area contributed by atoms with Crippen molar-refractivity contribution in [1.82, 2.24) is 0 Å². The van der Waals surface area contributed by atoms with Crippen LogP contribution in [0.2, 0.25) is 0 Å². The van der Waals surface area contributed by atoms with Gasteiger partial charge in [0.15, 0.2) is 5.85 Å². The molecule has 0 aromatic heterocycles. The first-order chi connectivity index (χ1) is 5.60. The molecule has 1 unspecified atom stereocenters. The molecule has 0 aromatic rings. The van der Waals surface area contributed by atoms with Gasteiger partial charge in [-0.05, 0) is 20.3 Å². The van der Waals surface area contributed by atoms with E-state index in [0.717, 1.165) is 0 Å². The van der Waals surface area contributed by atoms with Crippen molar-refractivity contribution in [3.63, 3.8) is 0 Å². The zero-order chi connectivity index (χ0) is 9.61. The molecule has 1 atom stereocenters. The van der Waals surface area contributed by atoms with Crippen molar-refractivity contribution in [3.8, 4) is 0 Å². The standard InChI is InChI=1S/C7H17O4P/c1-4-7(8)12(9,10-5-2)11-6-3/h7-8H,4-6H2,1-3H3. The first-order valence-corrected chi connectivity index (χ1v) is 5.78. The molecule has 0 amide bonds.